The Morgan fingerprint density at radius 2 is 2.12 bits per heavy atom. The van der Waals surface area contributed by atoms with Crippen LogP contribution in [0.25, 0.3) is 21.5 Å². The van der Waals surface area contributed by atoms with Crippen molar-refractivity contribution in [2.24, 2.45) is 0 Å². The molecule has 9 heteroatoms. The largest absolute Gasteiger partial charge is 0.457 e. The van der Waals surface area contributed by atoms with E-state index >= 15 is 0 Å². The summed E-state index contributed by atoms with van der Waals surface area (Å²) in [5, 5.41) is 8.97. The molecule has 1 aliphatic heterocycles. The van der Waals surface area contributed by atoms with Gasteiger partial charge in [0.25, 0.3) is 0 Å². The fraction of sp³-hybridized carbons (Fsp3) is 0.375. The number of rotatable bonds is 8. The predicted octanol–water partition coefficient (Wildman–Crippen LogP) is 5.91. The van der Waals surface area contributed by atoms with E-state index < -0.39 is 0 Å². The molecule has 3 aromatic heterocycles. The molecule has 1 saturated heterocycles. The number of nitrogens with zero attached hydrogens (tertiary/aromatic N) is 5. The molecule has 4 heterocycles. The molecule has 0 saturated carbocycles. The van der Waals surface area contributed by atoms with E-state index in [4.69, 9.17) is 9.72 Å². The zero-order valence-electron chi connectivity index (χ0n) is 18.9. The number of fused-ring (bicyclic) bond motifs is 1. The summed E-state index contributed by atoms with van der Waals surface area (Å²) in [7, 11) is 0. The highest BCUT2D eigenvalue weighted by Crippen LogP contribution is 2.33. The summed E-state index contributed by atoms with van der Waals surface area (Å²) in [6, 6.07) is 10.3. The Labute approximate surface area is 202 Å². The second-order valence-electron chi connectivity index (χ2n) is 8.00. The van der Waals surface area contributed by atoms with Gasteiger partial charge in [-0.1, -0.05) is 30.2 Å². The molecule has 1 fully saturated rings. The number of ether oxygens (including phenoxy) is 1. The minimum Gasteiger partial charge on any atom is -0.457 e. The van der Waals surface area contributed by atoms with Crippen molar-refractivity contribution < 1.29 is 4.74 Å². The molecule has 4 aromatic rings. The van der Waals surface area contributed by atoms with E-state index in [0.717, 1.165) is 56.9 Å². The van der Waals surface area contributed by atoms with Gasteiger partial charge in [-0.15, -0.1) is 0 Å². The third kappa shape index (κ3) is 5.31. The number of benzene rings is 1. The Kier molecular flexibility index (Phi) is 6.80. The number of aryl methyl sites for hydroxylation is 1. The lowest BCUT2D eigenvalue weighted by molar-refractivity contribution is 0.356. The van der Waals surface area contributed by atoms with Crippen LogP contribution in [0.2, 0.25) is 0 Å². The zero-order chi connectivity index (χ0) is 22.6. The summed E-state index contributed by atoms with van der Waals surface area (Å²) in [5.41, 5.74) is 2.82. The van der Waals surface area contributed by atoms with E-state index in [2.05, 4.69) is 39.6 Å². The second kappa shape index (κ2) is 10.1. The molecular weight excluding hydrogens is 452 g/mol. The van der Waals surface area contributed by atoms with Crippen molar-refractivity contribution in [2.45, 2.75) is 39.3 Å². The number of anilines is 1. The van der Waals surface area contributed by atoms with Gasteiger partial charge in [0.15, 0.2) is 5.13 Å². The molecule has 1 N–H and O–H groups in total. The first-order chi connectivity index (χ1) is 16.2. The molecule has 0 amide bonds. The SMILES string of the molecule is CCSN1CCCC(Nc2nc3ccc(Oc4ccnc(-c5cnn(CC)c5)c4)cc3s2)C1. The molecule has 0 aliphatic carbocycles. The van der Waals surface area contributed by atoms with Gasteiger partial charge < -0.3 is 10.1 Å². The number of piperidine rings is 1. The lowest BCUT2D eigenvalue weighted by atomic mass is 10.1. The number of thiazole rings is 1. The van der Waals surface area contributed by atoms with Gasteiger partial charge in [-0.25, -0.2) is 9.29 Å². The monoisotopic (exact) mass is 480 g/mol. The number of nitrogens with one attached hydrogen (secondary N) is 1. The summed E-state index contributed by atoms with van der Waals surface area (Å²) in [6.07, 6.45) is 8.01. The minimum absolute atomic E-state index is 0.446. The smallest absolute Gasteiger partial charge is 0.184 e. The van der Waals surface area contributed by atoms with E-state index in [9.17, 15) is 0 Å². The van der Waals surface area contributed by atoms with Crippen molar-refractivity contribution >= 4 is 38.6 Å². The van der Waals surface area contributed by atoms with Gasteiger partial charge in [0.05, 0.1) is 22.1 Å². The van der Waals surface area contributed by atoms with Crippen molar-refractivity contribution in [1.82, 2.24) is 24.1 Å². The lowest BCUT2D eigenvalue weighted by Crippen LogP contribution is -2.38. The maximum Gasteiger partial charge on any atom is 0.184 e. The molecule has 33 heavy (non-hydrogen) atoms. The normalized spacial score (nSPS) is 16.8. The highest BCUT2D eigenvalue weighted by molar-refractivity contribution is 7.96. The summed E-state index contributed by atoms with van der Waals surface area (Å²) in [6.45, 7) is 7.34. The van der Waals surface area contributed by atoms with Gasteiger partial charge in [0, 0.05) is 61.5 Å². The molecule has 1 aliphatic rings. The average Bonchev–Trinajstić information content (AvgIpc) is 3.46. The third-order valence-corrected chi connectivity index (χ3v) is 7.51. The third-order valence-electron chi connectivity index (χ3n) is 5.60. The Hall–Kier alpha value is -2.62. The Bertz CT molecular complexity index is 1220. The van der Waals surface area contributed by atoms with Gasteiger partial charge in [-0.3, -0.25) is 9.67 Å². The Balaban J connectivity index is 1.29. The molecule has 0 bridgehead atoms. The maximum absolute atomic E-state index is 6.16. The average molecular weight is 481 g/mol. The van der Waals surface area contributed by atoms with E-state index in [0.29, 0.717) is 6.04 Å². The molecule has 5 rings (SSSR count). The van der Waals surface area contributed by atoms with E-state index in [-0.39, 0.29) is 0 Å². The zero-order valence-corrected chi connectivity index (χ0v) is 20.5. The van der Waals surface area contributed by atoms with Crippen LogP contribution in [0, 0.1) is 0 Å². The maximum atomic E-state index is 6.16. The number of hydrogen-bond donors (Lipinski definition) is 1. The highest BCUT2D eigenvalue weighted by atomic mass is 32.2. The molecule has 1 unspecified atom stereocenters. The Morgan fingerprint density at radius 1 is 1.21 bits per heavy atom. The molecule has 1 aromatic carbocycles. The van der Waals surface area contributed by atoms with Crippen LogP contribution in [0.15, 0.2) is 48.9 Å². The number of aromatic nitrogens is 4. The predicted molar refractivity (Wildman–Crippen MR) is 137 cm³/mol. The van der Waals surface area contributed by atoms with Gasteiger partial charge >= 0.3 is 0 Å². The van der Waals surface area contributed by atoms with Crippen LogP contribution in [0.3, 0.4) is 0 Å². The molecule has 7 nitrogen and oxygen atoms in total. The fourth-order valence-corrected chi connectivity index (χ4v) is 5.88. The summed E-state index contributed by atoms with van der Waals surface area (Å²) in [5.74, 6) is 2.67. The number of pyridine rings is 1. The van der Waals surface area contributed by atoms with E-state index in [1.54, 1.807) is 17.5 Å². The fourth-order valence-electron chi connectivity index (χ4n) is 4.00. The van der Waals surface area contributed by atoms with Crippen molar-refractivity contribution in [3.05, 3.63) is 48.9 Å². The van der Waals surface area contributed by atoms with Gasteiger partial charge in [0.1, 0.15) is 11.5 Å². The van der Waals surface area contributed by atoms with Crippen molar-refractivity contribution in [3.63, 3.8) is 0 Å². The molecule has 1 atom stereocenters. The van der Waals surface area contributed by atoms with E-state index in [1.165, 1.54) is 19.4 Å². The van der Waals surface area contributed by atoms with Crippen LogP contribution in [-0.4, -0.2) is 48.9 Å². The minimum atomic E-state index is 0.446. The molecule has 0 radical (unpaired) electrons. The standard InChI is InChI=1S/C24H28N6OS2/c1-3-29-15-17(14-26-29)22-12-20(9-10-25-22)31-19-7-8-21-23(13-19)33-24(28-21)27-18-6-5-11-30(16-18)32-4-2/h7-10,12-15,18H,3-6,11,16H2,1-2H3,(H,27,28). The van der Waals surface area contributed by atoms with Gasteiger partial charge in [0.2, 0.25) is 0 Å². The van der Waals surface area contributed by atoms with Gasteiger partial charge in [-0.05, 0) is 38.0 Å². The van der Waals surface area contributed by atoms with Gasteiger partial charge in [-0.2, -0.15) is 5.10 Å². The van der Waals surface area contributed by atoms with Crippen LogP contribution in [0.4, 0.5) is 5.13 Å². The van der Waals surface area contributed by atoms with Crippen LogP contribution in [0.5, 0.6) is 11.5 Å². The highest BCUT2D eigenvalue weighted by Gasteiger charge is 2.20. The Morgan fingerprint density at radius 3 is 2.97 bits per heavy atom. The molecule has 172 valence electrons. The van der Waals surface area contributed by atoms with Crippen LogP contribution >= 0.6 is 23.3 Å². The van der Waals surface area contributed by atoms with Crippen LogP contribution in [-0.2, 0) is 6.54 Å². The first-order valence-corrected chi connectivity index (χ1v) is 13.2. The van der Waals surface area contributed by atoms with Crippen LogP contribution in [0.1, 0.15) is 26.7 Å². The second-order valence-corrected chi connectivity index (χ2v) is 10.4. The molecule has 0 spiro atoms. The first kappa shape index (κ1) is 22.2. The van der Waals surface area contributed by atoms with Crippen molar-refractivity contribution in [1.29, 1.82) is 0 Å². The summed E-state index contributed by atoms with van der Waals surface area (Å²) in [4.78, 5) is 9.27. The van der Waals surface area contributed by atoms with E-state index in [1.807, 2.05) is 53.3 Å². The summed E-state index contributed by atoms with van der Waals surface area (Å²) >= 11 is 3.61. The van der Waals surface area contributed by atoms with Crippen molar-refractivity contribution in [2.75, 3.05) is 24.2 Å². The lowest BCUT2D eigenvalue weighted by Gasteiger charge is -2.31. The number of hydrogen-bond acceptors (Lipinski definition) is 8. The van der Waals surface area contributed by atoms with Crippen molar-refractivity contribution in [3.8, 4) is 22.8 Å². The first-order valence-electron chi connectivity index (χ1n) is 11.4. The quantitative estimate of drug-likeness (QED) is 0.314. The molecular formula is C24H28N6OS2. The van der Waals surface area contributed by atoms with Crippen LogP contribution < -0.4 is 10.1 Å². The topological polar surface area (TPSA) is 68.1 Å². The summed E-state index contributed by atoms with van der Waals surface area (Å²) < 4.78 is 11.6.